The molecule has 3 aliphatic rings. The summed E-state index contributed by atoms with van der Waals surface area (Å²) in [5.41, 5.74) is 24.4. The zero-order valence-corrected chi connectivity index (χ0v) is 75.6. The van der Waals surface area contributed by atoms with E-state index in [4.69, 9.17) is 37.1 Å². The molecule has 0 spiro atoms. The van der Waals surface area contributed by atoms with Crippen molar-refractivity contribution < 1.29 is 47.9 Å². The van der Waals surface area contributed by atoms with Gasteiger partial charge < -0.3 is 37.1 Å². The molecule has 3 fully saturated rings. The number of para-hydroxylation sites is 5. The number of rotatable bonds is 28. The van der Waals surface area contributed by atoms with Gasteiger partial charge in [-0.15, -0.1) is 40.9 Å². The number of nitrogens with one attached hydrogen (secondary N) is 7. The van der Waals surface area contributed by atoms with E-state index in [2.05, 4.69) is 75.5 Å². The molecule has 43 heteroatoms. The third-order valence-electron chi connectivity index (χ3n) is 21.6. The number of aromatic nitrogens is 8. The summed E-state index contributed by atoms with van der Waals surface area (Å²) in [5, 5.41) is 43.4. The van der Waals surface area contributed by atoms with E-state index in [1.807, 2.05) is 24.3 Å². The third kappa shape index (κ3) is 23.0. The molecule has 0 amide bonds. The maximum absolute atomic E-state index is 13.6. The number of nitrogens with two attached hydrogens (primary N) is 4. The highest BCUT2D eigenvalue weighted by molar-refractivity contribution is 7.93. The molecule has 690 valence electrons. The van der Waals surface area contributed by atoms with E-state index in [1.54, 1.807) is 159 Å². The Balaban J connectivity index is 0.000000150. The van der Waals surface area contributed by atoms with Crippen LogP contribution in [0.3, 0.4) is 0 Å². The second kappa shape index (κ2) is 43.3. The smallest absolute Gasteiger partial charge is 0.301 e. The minimum absolute atomic E-state index is 0.00462. The first-order chi connectivity index (χ1) is 63.6. The molecule has 39 nitrogen and oxygen atoms in total. The van der Waals surface area contributed by atoms with Gasteiger partial charge in [0.05, 0.1) is 49.8 Å². The Morgan fingerprint density at radius 1 is 0.326 bits per heavy atom. The first kappa shape index (κ1) is 95.1. The van der Waals surface area contributed by atoms with Gasteiger partial charge in [-0.1, -0.05) is 161 Å². The SMILES string of the molecule is CCN(c1ccccc1)S(=O)(=O)c1ccc(OC)cc1N=Nc1c(N)[nH]n(-c2ccccc2)c1=O.COc1ccc(S(=O)(=O)NC2CCCCC2)c(N=Nc2c(N)[nH]n(-c3ccccc3)c2=O)c1.COc1ccc(S(=O)(=O)NC2CCCCC2)c(N=Nc2c(N)[nH]n(-c3ccccc3)c2=O)c1.Nc1[nH]n(-c2ccccc2)c(=O)c1N=Nc1ccccc1S(=O)(=O)NC1CCCCC1. The number of sulfonamides is 4. The standard InChI is InChI=1S/C24H24N6O4S.2C22H26N6O4S.C21H24N6O3S/c1-3-29(17-10-6-4-7-11-17)35(32,33)21-15-14-19(34-2)16-20(21)26-27-22-23(25)28-30(24(22)31)18-12-8-5-9-13-18;2*1-32-17-12-13-19(33(30,31)27-15-8-4-2-5-9-15)18(14-17)24-25-20-21(23)26-28(22(20)29)16-10-6-3-7-11-16;22-20-19(21(28)27(25-20)16-11-5-2-6-12-16)24-23-17-13-7-8-14-18(17)31(29,30)26-15-9-3-1-4-10-15/h4-16,28H,3,25H2,1-2H3;2*3,6-7,10-15,26-27H,2,4-5,8-9,23H2,1H3;2,5-8,11-15,25-26H,1,3-4,9-10,22H2. The van der Waals surface area contributed by atoms with Gasteiger partial charge in [0.25, 0.3) is 10.0 Å². The molecule has 16 rings (SSSR count). The van der Waals surface area contributed by atoms with Gasteiger partial charge in [0.2, 0.25) is 30.1 Å². The number of anilines is 5. The summed E-state index contributed by atoms with van der Waals surface area (Å²) in [6, 6.07) is 63.4. The van der Waals surface area contributed by atoms with Crippen LogP contribution < -0.4 is 77.9 Å². The van der Waals surface area contributed by atoms with Crippen molar-refractivity contribution in [3.63, 3.8) is 0 Å². The first-order valence-electron chi connectivity index (χ1n) is 42.2. The van der Waals surface area contributed by atoms with Gasteiger partial charge in [0.15, 0.2) is 22.7 Å². The quantitative estimate of drug-likeness (QED) is 0.0203. The highest BCUT2D eigenvalue weighted by Gasteiger charge is 2.32. The summed E-state index contributed by atoms with van der Waals surface area (Å²) in [4.78, 5) is 51.1. The van der Waals surface area contributed by atoms with Crippen molar-refractivity contribution in [2.75, 3.05) is 55.1 Å². The molecular weight excluding hydrogens is 1770 g/mol. The maximum Gasteiger partial charge on any atom is 0.301 e. The van der Waals surface area contributed by atoms with Crippen LogP contribution in [-0.4, -0.2) is 119 Å². The molecule has 0 radical (unpaired) electrons. The highest BCUT2D eigenvalue weighted by Crippen LogP contribution is 2.38. The molecule has 0 unspecified atom stereocenters. The molecule has 4 heterocycles. The second-order valence-corrected chi connectivity index (χ2v) is 37.4. The van der Waals surface area contributed by atoms with Crippen LogP contribution in [0.2, 0.25) is 0 Å². The van der Waals surface area contributed by atoms with Gasteiger partial charge in [-0.25, -0.2) is 66.6 Å². The van der Waals surface area contributed by atoms with Crippen molar-refractivity contribution in [1.29, 1.82) is 0 Å². The van der Waals surface area contributed by atoms with Crippen molar-refractivity contribution in [1.82, 2.24) is 53.3 Å². The van der Waals surface area contributed by atoms with E-state index in [-0.39, 0.29) is 113 Å². The fourth-order valence-corrected chi connectivity index (χ4v) is 20.8. The Labute approximate surface area is 760 Å². The Kier molecular flexibility index (Phi) is 31.2. The second-order valence-electron chi connectivity index (χ2n) is 30.5. The minimum Gasteiger partial charge on any atom is -0.497 e. The van der Waals surface area contributed by atoms with E-state index in [9.17, 15) is 52.8 Å². The van der Waals surface area contributed by atoms with Crippen molar-refractivity contribution in [3.05, 3.63) is 272 Å². The topological polar surface area (TPSA) is 558 Å². The largest absolute Gasteiger partial charge is 0.497 e. The summed E-state index contributed by atoms with van der Waals surface area (Å²) < 4.78 is 136. The average molecular weight is 1870 g/mol. The Hall–Kier alpha value is -14.5. The van der Waals surface area contributed by atoms with E-state index in [1.165, 1.54) is 99.0 Å². The van der Waals surface area contributed by atoms with Crippen molar-refractivity contribution in [3.8, 4) is 40.0 Å². The number of nitrogens with zero attached hydrogens (tertiary/aromatic N) is 13. The van der Waals surface area contributed by atoms with Gasteiger partial charge in [-0.2, -0.15) is 0 Å². The van der Waals surface area contributed by atoms with Crippen LogP contribution in [0.5, 0.6) is 17.2 Å². The van der Waals surface area contributed by atoms with Crippen molar-refractivity contribution in [2.45, 2.75) is 141 Å². The molecule has 0 aliphatic heterocycles. The van der Waals surface area contributed by atoms with E-state index in [0.29, 0.717) is 45.7 Å². The van der Waals surface area contributed by atoms with Gasteiger partial charge >= 0.3 is 22.2 Å². The fourth-order valence-electron chi connectivity index (χ4n) is 14.9. The van der Waals surface area contributed by atoms with Gasteiger partial charge in [0, 0.05) is 42.9 Å². The Morgan fingerprint density at radius 2 is 0.576 bits per heavy atom. The van der Waals surface area contributed by atoms with Crippen LogP contribution in [0.4, 0.5) is 74.5 Å². The lowest BCUT2D eigenvalue weighted by molar-refractivity contribution is 0.411. The van der Waals surface area contributed by atoms with Crippen LogP contribution in [0.15, 0.2) is 310 Å². The zero-order chi connectivity index (χ0) is 93.7. The maximum atomic E-state index is 13.6. The summed E-state index contributed by atoms with van der Waals surface area (Å²) in [6.07, 6.45) is 14.1. The molecule has 9 aromatic carbocycles. The third-order valence-corrected chi connectivity index (χ3v) is 28.2. The Bertz CT molecular complexity index is 6840. The molecule has 3 saturated carbocycles. The summed E-state index contributed by atoms with van der Waals surface area (Å²) in [6.45, 7) is 1.93. The van der Waals surface area contributed by atoms with E-state index < -0.39 is 62.3 Å². The van der Waals surface area contributed by atoms with Crippen LogP contribution >= 0.6 is 0 Å². The molecule has 4 aromatic heterocycles. The van der Waals surface area contributed by atoms with Crippen molar-refractivity contribution >= 4 is 115 Å². The molecule has 132 heavy (non-hydrogen) atoms. The predicted octanol–water partition coefficient (Wildman–Crippen LogP) is 15.7. The van der Waals surface area contributed by atoms with E-state index in [0.717, 1.165) is 96.3 Å². The average Bonchev–Trinajstić information content (AvgIpc) is 0.871. The summed E-state index contributed by atoms with van der Waals surface area (Å²) in [5.74, 6) is 1.26. The normalized spacial score (nSPS) is 14.3. The van der Waals surface area contributed by atoms with Crippen molar-refractivity contribution in [2.24, 2.45) is 40.9 Å². The molecule has 0 saturated heterocycles. The number of H-pyrrole nitrogens is 4. The molecule has 13 aromatic rings. The number of azo groups is 4. The number of hydrogen-bond acceptors (Lipinski definition) is 27. The number of hydrogen-bond donors (Lipinski definition) is 11. The van der Waals surface area contributed by atoms with Crippen LogP contribution in [-0.2, 0) is 40.1 Å². The number of benzene rings is 9. The number of ether oxygens (including phenoxy) is 3. The van der Waals surface area contributed by atoms with Gasteiger partial charge in [-0.3, -0.25) is 43.9 Å². The first-order valence-corrected chi connectivity index (χ1v) is 48.1. The minimum atomic E-state index is -4.02. The zero-order valence-electron chi connectivity index (χ0n) is 72.4. The van der Waals surface area contributed by atoms with Crippen LogP contribution in [0.25, 0.3) is 22.7 Å². The lowest BCUT2D eigenvalue weighted by atomic mass is 9.96. The molecule has 0 atom stereocenters. The lowest BCUT2D eigenvalue weighted by Gasteiger charge is -2.23. The molecule has 0 bridgehead atoms. The van der Waals surface area contributed by atoms with Crippen LogP contribution in [0, 0.1) is 0 Å². The monoisotopic (exact) mass is 1870 g/mol. The Morgan fingerprint density at radius 3 is 0.864 bits per heavy atom. The van der Waals surface area contributed by atoms with E-state index >= 15 is 0 Å². The summed E-state index contributed by atoms with van der Waals surface area (Å²) in [7, 11) is -11.1. The fraction of sp³-hybridized carbons (Fsp3) is 0.258. The highest BCUT2D eigenvalue weighted by atomic mass is 32.2. The van der Waals surface area contributed by atoms with Crippen LogP contribution in [0.1, 0.15) is 103 Å². The number of nitrogen functional groups attached to an aromatic ring is 4. The molecular formula is C89H100N24O15S4. The summed E-state index contributed by atoms with van der Waals surface area (Å²) >= 11 is 0. The number of methoxy groups -OCH3 is 3. The molecule has 15 N–H and O–H groups in total. The lowest BCUT2D eigenvalue weighted by Crippen LogP contribution is -2.36. The van der Waals surface area contributed by atoms with Gasteiger partial charge in [0.1, 0.15) is 82.9 Å². The molecule has 3 aliphatic carbocycles. The number of aromatic amines is 4. The predicted molar refractivity (Wildman–Crippen MR) is 504 cm³/mol. The van der Waals surface area contributed by atoms with Gasteiger partial charge in [-0.05, 0) is 155 Å².